The predicted octanol–water partition coefficient (Wildman–Crippen LogP) is 3.49. The summed E-state index contributed by atoms with van der Waals surface area (Å²) in [6.07, 6.45) is 0.992. The average Bonchev–Trinajstić information content (AvgIpc) is 3.11. The molecule has 1 aliphatic rings. The van der Waals surface area contributed by atoms with Crippen LogP contribution in [-0.2, 0) is 12.1 Å². The Hall–Kier alpha value is -1.81. The van der Waals surface area contributed by atoms with Crippen LogP contribution in [0.2, 0.25) is 0 Å². The quantitative estimate of drug-likeness (QED) is 0.939. The fraction of sp³-hybridized carbons (Fsp3) is 0.353. The Morgan fingerprint density at radius 1 is 1.29 bits per heavy atom. The first kappa shape index (κ1) is 14.1. The van der Waals surface area contributed by atoms with Gasteiger partial charge in [-0.05, 0) is 30.4 Å². The third-order valence-corrected chi connectivity index (χ3v) is 5.22. The molecule has 0 radical (unpaired) electrons. The third-order valence-electron chi connectivity index (χ3n) is 4.36. The fourth-order valence-electron chi connectivity index (χ4n) is 3.01. The number of aryl methyl sites for hydroxylation is 1. The normalized spacial score (nSPS) is 21.6. The number of aliphatic imine (C=N–C) groups is 1. The molecule has 0 spiro atoms. The molecule has 0 aliphatic carbocycles. The Morgan fingerprint density at radius 3 is 2.67 bits per heavy atom. The van der Waals surface area contributed by atoms with E-state index in [-0.39, 0.29) is 5.54 Å². The number of nitrogens with two attached hydrogens (primary N) is 1. The van der Waals surface area contributed by atoms with Crippen molar-refractivity contribution in [2.75, 3.05) is 6.54 Å². The second-order valence-corrected chi connectivity index (χ2v) is 6.62. The highest BCUT2D eigenvalue weighted by Crippen LogP contribution is 2.37. The zero-order valence-corrected chi connectivity index (χ0v) is 13.4. The van der Waals surface area contributed by atoms with Crippen LogP contribution in [0.15, 0.2) is 46.8 Å². The molecule has 1 aromatic heterocycles. The van der Waals surface area contributed by atoms with Gasteiger partial charge in [-0.2, -0.15) is 0 Å². The van der Waals surface area contributed by atoms with Crippen LogP contribution in [-0.4, -0.2) is 17.4 Å². The number of thiophene rings is 1. The van der Waals surface area contributed by atoms with Crippen molar-refractivity contribution in [3.05, 3.63) is 57.8 Å². The van der Waals surface area contributed by atoms with Gasteiger partial charge in [-0.15, -0.1) is 11.3 Å². The number of hydrogen-bond acceptors (Lipinski definition) is 4. The van der Waals surface area contributed by atoms with Gasteiger partial charge in [-0.3, -0.25) is 4.99 Å². The van der Waals surface area contributed by atoms with Gasteiger partial charge in [-0.25, -0.2) is 0 Å². The van der Waals surface area contributed by atoms with E-state index >= 15 is 0 Å². The van der Waals surface area contributed by atoms with Gasteiger partial charge >= 0.3 is 0 Å². The fourth-order valence-corrected chi connectivity index (χ4v) is 3.70. The molecule has 21 heavy (non-hydrogen) atoms. The van der Waals surface area contributed by atoms with E-state index in [4.69, 9.17) is 5.73 Å². The van der Waals surface area contributed by atoms with Crippen LogP contribution in [0.1, 0.15) is 29.3 Å². The van der Waals surface area contributed by atoms with Crippen molar-refractivity contribution in [3.8, 4) is 0 Å². The highest BCUT2D eigenvalue weighted by atomic mass is 32.1. The van der Waals surface area contributed by atoms with Crippen molar-refractivity contribution in [3.63, 3.8) is 0 Å². The first-order valence-electron chi connectivity index (χ1n) is 7.33. The topological polar surface area (TPSA) is 41.6 Å². The van der Waals surface area contributed by atoms with E-state index in [1.54, 1.807) is 11.3 Å². The summed E-state index contributed by atoms with van der Waals surface area (Å²) < 4.78 is 0. The summed E-state index contributed by atoms with van der Waals surface area (Å²) in [5.41, 5.74) is 8.67. The Morgan fingerprint density at radius 2 is 2.05 bits per heavy atom. The van der Waals surface area contributed by atoms with Gasteiger partial charge in [0, 0.05) is 4.88 Å². The molecule has 1 unspecified atom stereocenters. The minimum Gasteiger partial charge on any atom is -0.370 e. The molecule has 2 N–H and O–H groups in total. The molecule has 0 bridgehead atoms. The van der Waals surface area contributed by atoms with Crippen LogP contribution in [0.4, 0.5) is 0 Å². The molecule has 0 saturated heterocycles. The van der Waals surface area contributed by atoms with Gasteiger partial charge < -0.3 is 10.6 Å². The summed E-state index contributed by atoms with van der Waals surface area (Å²) in [5, 5.41) is 2.11. The number of nitrogens with zero attached hydrogens (tertiary/aromatic N) is 2. The summed E-state index contributed by atoms with van der Waals surface area (Å²) in [6, 6.07) is 13.0. The molecule has 0 fully saturated rings. The lowest BCUT2D eigenvalue weighted by Crippen LogP contribution is -2.48. The van der Waals surface area contributed by atoms with Crippen molar-refractivity contribution in [1.82, 2.24) is 4.90 Å². The first-order chi connectivity index (χ1) is 10.2. The molecule has 2 aromatic rings. The summed E-state index contributed by atoms with van der Waals surface area (Å²) in [6.45, 7) is 5.90. The molecule has 1 aliphatic heterocycles. The van der Waals surface area contributed by atoms with Gasteiger partial charge in [0.15, 0.2) is 5.96 Å². The monoisotopic (exact) mass is 299 g/mol. The largest absolute Gasteiger partial charge is 0.370 e. The molecule has 0 saturated carbocycles. The number of hydrogen-bond donors (Lipinski definition) is 1. The maximum Gasteiger partial charge on any atom is 0.192 e. The van der Waals surface area contributed by atoms with E-state index in [2.05, 4.69) is 65.5 Å². The maximum atomic E-state index is 6.19. The SMILES string of the molecule is CCC1(c2ccc(C)cc2)CN=C(N)N1Cc1cccs1. The zero-order valence-electron chi connectivity index (χ0n) is 12.5. The molecule has 2 heterocycles. The lowest BCUT2D eigenvalue weighted by atomic mass is 9.86. The van der Waals surface area contributed by atoms with Gasteiger partial charge in [0.25, 0.3) is 0 Å². The Labute approximate surface area is 130 Å². The predicted molar refractivity (Wildman–Crippen MR) is 89.5 cm³/mol. The van der Waals surface area contributed by atoms with Crippen LogP contribution in [0.3, 0.4) is 0 Å². The van der Waals surface area contributed by atoms with Crippen LogP contribution in [0, 0.1) is 6.92 Å². The molecular formula is C17H21N3S. The summed E-state index contributed by atoms with van der Waals surface area (Å²) in [4.78, 5) is 8.13. The second kappa shape index (κ2) is 5.53. The van der Waals surface area contributed by atoms with Gasteiger partial charge in [-0.1, -0.05) is 42.8 Å². The minimum absolute atomic E-state index is 0.109. The van der Waals surface area contributed by atoms with Gasteiger partial charge in [0.2, 0.25) is 0 Å². The first-order valence-corrected chi connectivity index (χ1v) is 8.21. The van der Waals surface area contributed by atoms with E-state index in [0.29, 0.717) is 5.96 Å². The average molecular weight is 299 g/mol. The Bertz CT molecular complexity index is 631. The number of guanidine groups is 1. The smallest absolute Gasteiger partial charge is 0.192 e. The molecule has 3 rings (SSSR count). The molecule has 0 amide bonds. The van der Waals surface area contributed by atoms with Crippen molar-refractivity contribution in [2.24, 2.45) is 10.7 Å². The lowest BCUT2D eigenvalue weighted by Gasteiger charge is -2.39. The number of benzene rings is 1. The van der Waals surface area contributed by atoms with Crippen molar-refractivity contribution >= 4 is 17.3 Å². The molecular weight excluding hydrogens is 278 g/mol. The van der Waals surface area contributed by atoms with Crippen molar-refractivity contribution in [2.45, 2.75) is 32.4 Å². The number of rotatable bonds is 4. The molecule has 1 atom stereocenters. The standard InChI is InChI=1S/C17H21N3S/c1-3-17(14-8-6-13(2)7-9-14)12-19-16(18)20(17)11-15-5-4-10-21-15/h4-10H,3,11-12H2,1-2H3,(H2,18,19). The van der Waals surface area contributed by atoms with Gasteiger partial charge in [0.05, 0.1) is 18.6 Å². The molecule has 4 heteroatoms. The van der Waals surface area contributed by atoms with E-state index in [9.17, 15) is 0 Å². The highest BCUT2D eigenvalue weighted by Gasteiger charge is 2.42. The van der Waals surface area contributed by atoms with Crippen LogP contribution in [0.25, 0.3) is 0 Å². The highest BCUT2D eigenvalue weighted by molar-refractivity contribution is 7.09. The van der Waals surface area contributed by atoms with Crippen molar-refractivity contribution in [1.29, 1.82) is 0 Å². The van der Waals surface area contributed by atoms with Crippen LogP contribution < -0.4 is 5.73 Å². The Kier molecular flexibility index (Phi) is 3.72. The zero-order chi connectivity index (χ0) is 14.9. The van der Waals surface area contributed by atoms with Crippen LogP contribution >= 0.6 is 11.3 Å². The second-order valence-electron chi connectivity index (χ2n) is 5.59. The van der Waals surface area contributed by atoms with Crippen molar-refractivity contribution < 1.29 is 0 Å². The minimum atomic E-state index is -0.109. The molecule has 1 aromatic carbocycles. The summed E-state index contributed by atoms with van der Waals surface area (Å²) in [5.74, 6) is 0.658. The van der Waals surface area contributed by atoms with E-state index in [1.807, 2.05) is 0 Å². The Balaban J connectivity index is 1.97. The summed E-state index contributed by atoms with van der Waals surface area (Å²) >= 11 is 1.77. The van der Waals surface area contributed by atoms with E-state index in [1.165, 1.54) is 16.0 Å². The van der Waals surface area contributed by atoms with Gasteiger partial charge in [0.1, 0.15) is 0 Å². The molecule has 3 nitrogen and oxygen atoms in total. The van der Waals surface area contributed by atoms with E-state index in [0.717, 1.165) is 19.5 Å². The maximum absolute atomic E-state index is 6.19. The van der Waals surface area contributed by atoms with Crippen LogP contribution in [0.5, 0.6) is 0 Å². The third kappa shape index (κ3) is 2.44. The lowest BCUT2D eigenvalue weighted by molar-refractivity contribution is 0.188. The molecule has 110 valence electrons. The van der Waals surface area contributed by atoms with E-state index < -0.39 is 0 Å². The summed E-state index contributed by atoms with van der Waals surface area (Å²) in [7, 11) is 0.